The molecule has 0 bridgehead atoms. The molecule has 0 heterocycles. The van der Waals surface area contributed by atoms with Gasteiger partial charge in [0.2, 0.25) is 0 Å². The molecule has 0 rings (SSSR count). The minimum atomic E-state index is 0.442. The zero-order valence-electron chi connectivity index (χ0n) is 3.23. The van der Waals surface area contributed by atoms with E-state index in [9.17, 15) is 0 Å². The van der Waals surface area contributed by atoms with Crippen LogP contribution in [0.5, 0.6) is 0 Å². The highest BCUT2D eigenvalue weighted by molar-refractivity contribution is 6.18. The largest absolute Gasteiger partial charge is 0.420 e. The highest BCUT2D eigenvalue weighted by atomic mass is 35.5. The van der Waals surface area contributed by atoms with Gasteiger partial charge in [-0.05, 0) is 6.08 Å². The minimum Gasteiger partial charge on any atom is -0.420 e. The summed E-state index contributed by atoms with van der Waals surface area (Å²) in [4.78, 5) is 4.02. The van der Waals surface area contributed by atoms with Gasteiger partial charge in [0.05, 0.1) is 0 Å². The van der Waals surface area contributed by atoms with Gasteiger partial charge >= 0.3 is 0 Å². The molecular formula is C3H6ClNO. The van der Waals surface area contributed by atoms with E-state index < -0.39 is 0 Å². The molecule has 0 amide bonds. The van der Waals surface area contributed by atoms with Crippen LogP contribution in [0.3, 0.4) is 0 Å². The second-order valence-corrected chi connectivity index (χ2v) is 0.971. The summed E-state index contributed by atoms with van der Waals surface area (Å²) in [5, 5.41) is 0. The van der Waals surface area contributed by atoms with Gasteiger partial charge < -0.3 is 4.84 Å². The van der Waals surface area contributed by atoms with Crippen molar-refractivity contribution in [1.29, 1.82) is 0 Å². The van der Waals surface area contributed by atoms with E-state index in [0.717, 1.165) is 0 Å². The summed E-state index contributed by atoms with van der Waals surface area (Å²) >= 11 is 5.16. The third kappa shape index (κ3) is 3.79. The Bertz CT molecular complexity index is 40.1. The van der Waals surface area contributed by atoms with Crippen LogP contribution in [0, 0.1) is 0 Å². The van der Waals surface area contributed by atoms with E-state index in [1.807, 2.05) is 0 Å². The number of rotatable bonds is 2. The molecule has 2 nitrogen and oxygen atoms in total. The molecule has 0 aliphatic carbocycles. The van der Waals surface area contributed by atoms with E-state index in [1.54, 1.807) is 6.08 Å². The predicted molar refractivity (Wildman–Crippen MR) is 25.1 cm³/mol. The number of halogens is 1. The molecule has 6 heavy (non-hydrogen) atoms. The number of nitrogens with two attached hydrogens (primary N) is 1. The number of alkyl halides is 1. The second-order valence-electron chi connectivity index (χ2n) is 0.662. The van der Waals surface area contributed by atoms with Crippen LogP contribution >= 0.6 is 11.6 Å². The normalized spacial score (nSPS) is 9.67. The highest BCUT2D eigenvalue weighted by Gasteiger charge is 1.61. The predicted octanol–water partition coefficient (Wildman–Crippen LogP) is 0.629. The first kappa shape index (κ1) is 5.79. The molecule has 0 atom stereocenters. The zero-order valence-corrected chi connectivity index (χ0v) is 3.98. The van der Waals surface area contributed by atoms with Crippen LogP contribution in [0.2, 0.25) is 0 Å². The van der Waals surface area contributed by atoms with E-state index in [-0.39, 0.29) is 0 Å². The van der Waals surface area contributed by atoms with Gasteiger partial charge in [0, 0.05) is 5.88 Å². The van der Waals surface area contributed by atoms with E-state index in [4.69, 9.17) is 11.6 Å². The van der Waals surface area contributed by atoms with Crippen molar-refractivity contribution in [3.63, 3.8) is 0 Å². The summed E-state index contributed by atoms with van der Waals surface area (Å²) in [7, 11) is 0. The Morgan fingerprint density at radius 1 is 1.83 bits per heavy atom. The van der Waals surface area contributed by atoms with Gasteiger partial charge in [-0.15, -0.1) is 11.6 Å². The van der Waals surface area contributed by atoms with Crippen molar-refractivity contribution in [3.05, 3.63) is 12.3 Å². The molecule has 0 fully saturated rings. The van der Waals surface area contributed by atoms with Crippen molar-refractivity contribution in [2.75, 3.05) is 5.88 Å². The lowest BCUT2D eigenvalue weighted by molar-refractivity contribution is 0.261. The Balaban J connectivity index is 2.73. The van der Waals surface area contributed by atoms with Crippen LogP contribution in [0.25, 0.3) is 0 Å². The lowest BCUT2D eigenvalue weighted by atomic mass is 10.7. The Morgan fingerprint density at radius 2 is 2.50 bits per heavy atom. The molecular weight excluding hydrogens is 101 g/mol. The van der Waals surface area contributed by atoms with Gasteiger partial charge in [-0.25, -0.2) is 0 Å². The van der Waals surface area contributed by atoms with E-state index in [2.05, 4.69) is 10.7 Å². The summed E-state index contributed by atoms with van der Waals surface area (Å²) in [5.74, 6) is 5.01. The lowest BCUT2D eigenvalue weighted by Gasteiger charge is -1.78. The van der Waals surface area contributed by atoms with Gasteiger partial charge in [-0.3, -0.25) is 0 Å². The molecule has 0 aromatic heterocycles. The average Bonchev–Trinajstić information content (AvgIpc) is 1.61. The first-order chi connectivity index (χ1) is 2.91. The number of hydrogen-bond acceptors (Lipinski definition) is 2. The van der Waals surface area contributed by atoms with Crippen molar-refractivity contribution in [3.8, 4) is 0 Å². The fraction of sp³-hybridized carbons (Fsp3) is 0.333. The van der Waals surface area contributed by atoms with Gasteiger partial charge in [0.15, 0.2) is 0 Å². The molecule has 3 heteroatoms. The molecule has 0 spiro atoms. The topological polar surface area (TPSA) is 35.2 Å². The van der Waals surface area contributed by atoms with Crippen LogP contribution in [-0.2, 0) is 4.84 Å². The summed E-state index contributed by atoms with van der Waals surface area (Å²) in [6.45, 7) is 0. The van der Waals surface area contributed by atoms with Crippen molar-refractivity contribution in [2.24, 2.45) is 5.90 Å². The van der Waals surface area contributed by atoms with Crippen molar-refractivity contribution < 1.29 is 4.84 Å². The Morgan fingerprint density at radius 3 is 2.67 bits per heavy atom. The molecule has 0 unspecified atom stereocenters. The second kappa shape index (κ2) is 4.79. The molecule has 0 saturated carbocycles. The van der Waals surface area contributed by atoms with Crippen LogP contribution in [0.4, 0.5) is 0 Å². The number of allylic oxidation sites excluding steroid dienone is 1. The van der Waals surface area contributed by atoms with E-state index in [0.29, 0.717) is 5.88 Å². The molecule has 0 radical (unpaired) electrons. The first-order valence-corrected chi connectivity index (χ1v) is 2.01. The minimum absolute atomic E-state index is 0.442. The smallest absolute Gasteiger partial charge is 0.108 e. The monoisotopic (exact) mass is 107 g/mol. The molecule has 36 valence electrons. The molecule has 0 aromatic carbocycles. The van der Waals surface area contributed by atoms with Crippen molar-refractivity contribution >= 4 is 11.6 Å². The Kier molecular flexibility index (Phi) is 4.62. The summed E-state index contributed by atoms with van der Waals surface area (Å²) in [5.41, 5.74) is 0. The third-order valence-electron chi connectivity index (χ3n) is 0.264. The molecule has 0 aromatic rings. The van der Waals surface area contributed by atoms with Crippen molar-refractivity contribution in [2.45, 2.75) is 0 Å². The standard InChI is InChI=1S/C3H6ClNO/c4-2-1-3-6-5/h1,3H,2,5H2. The van der Waals surface area contributed by atoms with E-state index in [1.165, 1.54) is 6.26 Å². The SMILES string of the molecule is NOC=CCCl. The quantitative estimate of drug-likeness (QED) is 0.319. The molecule has 0 aliphatic heterocycles. The van der Waals surface area contributed by atoms with Crippen LogP contribution in [0.1, 0.15) is 0 Å². The number of hydrogen-bond donors (Lipinski definition) is 1. The Hall–Kier alpha value is -0.210. The average molecular weight is 108 g/mol. The highest BCUT2D eigenvalue weighted by Crippen LogP contribution is 1.74. The maximum atomic E-state index is 5.16. The van der Waals surface area contributed by atoms with Gasteiger partial charge in [-0.2, -0.15) is 5.90 Å². The third-order valence-corrected chi connectivity index (χ3v) is 0.442. The van der Waals surface area contributed by atoms with Crippen molar-refractivity contribution in [1.82, 2.24) is 0 Å². The maximum Gasteiger partial charge on any atom is 0.108 e. The first-order valence-electron chi connectivity index (χ1n) is 1.48. The van der Waals surface area contributed by atoms with Crippen LogP contribution in [0.15, 0.2) is 12.3 Å². The fourth-order valence-corrected chi connectivity index (χ4v) is 0.165. The summed E-state index contributed by atoms with van der Waals surface area (Å²) in [6.07, 6.45) is 2.93. The van der Waals surface area contributed by atoms with Gasteiger partial charge in [0.1, 0.15) is 6.26 Å². The van der Waals surface area contributed by atoms with E-state index >= 15 is 0 Å². The zero-order chi connectivity index (χ0) is 4.83. The van der Waals surface area contributed by atoms with Gasteiger partial charge in [-0.1, -0.05) is 0 Å². The molecule has 0 saturated heterocycles. The fourth-order valence-electron chi connectivity index (χ4n) is 0.0919. The van der Waals surface area contributed by atoms with Crippen LogP contribution in [-0.4, -0.2) is 5.88 Å². The van der Waals surface area contributed by atoms with Crippen LogP contribution < -0.4 is 5.90 Å². The summed E-state index contributed by atoms with van der Waals surface area (Å²) < 4.78 is 0. The van der Waals surface area contributed by atoms with Gasteiger partial charge in [0.25, 0.3) is 0 Å². The lowest BCUT2D eigenvalue weighted by Crippen LogP contribution is -1.87. The maximum absolute atomic E-state index is 5.16. The Labute approximate surface area is 41.5 Å². The molecule has 0 aliphatic rings. The molecule has 2 N–H and O–H groups in total. The summed E-state index contributed by atoms with van der Waals surface area (Å²) in [6, 6.07) is 0.